The van der Waals surface area contributed by atoms with E-state index < -0.39 is 0 Å². The van der Waals surface area contributed by atoms with E-state index in [1.165, 1.54) is 0 Å². The van der Waals surface area contributed by atoms with Crippen molar-refractivity contribution in [2.45, 2.75) is 13.3 Å². The molecular formula is C13H11BrOS. The molecule has 1 nitrogen and oxygen atoms in total. The second-order valence-corrected chi connectivity index (χ2v) is 5.65. The number of hydrogen-bond donors (Lipinski definition) is 0. The van der Waals surface area contributed by atoms with Gasteiger partial charge in [-0.05, 0) is 36.1 Å². The van der Waals surface area contributed by atoms with Gasteiger partial charge in [0.2, 0.25) is 0 Å². The molecule has 0 unspecified atom stereocenters. The van der Waals surface area contributed by atoms with Crippen LogP contribution in [0.2, 0.25) is 0 Å². The molecule has 0 amide bonds. The third kappa shape index (κ3) is 2.60. The molecule has 0 N–H and O–H groups in total. The van der Waals surface area contributed by atoms with Crippen LogP contribution in [-0.4, -0.2) is 5.78 Å². The number of carbonyl (C=O) groups excluding carboxylic acids is 1. The van der Waals surface area contributed by atoms with Crippen LogP contribution >= 0.6 is 27.3 Å². The number of rotatable bonds is 3. The summed E-state index contributed by atoms with van der Waals surface area (Å²) in [4.78, 5) is 13.1. The number of Topliss-reactive ketones (excluding diaryl/α,β-unsaturated/α-hetero) is 1. The maximum atomic E-state index is 12.0. The SMILES string of the molecule is Cc1sccc1C(=O)Cc1ccc(Br)cc1. The van der Waals surface area contributed by atoms with Crippen LogP contribution in [0.3, 0.4) is 0 Å². The highest BCUT2D eigenvalue weighted by molar-refractivity contribution is 9.10. The summed E-state index contributed by atoms with van der Waals surface area (Å²) in [6.45, 7) is 1.99. The number of carbonyl (C=O) groups is 1. The van der Waals surface area contributed by atoms with E-state index in [1.54, 1.807) is 11.3 Å². The van der Waals surface area contributed by atoms with Crippen LogP contribution in [-0.2, 0) is 6.42 Å². The van der Waals surface area contributed by atoms with Crippen LogP contribution in [0.4, 0.5) is 0 Å². The maximum absolute atomic E-state index is 12.0. The predicted molar refractivity (Wildman–Crippen MR) is 71.2 cm³/mol. The van der Waals surface area contributed by atoms with Gasteiger partial charge in [0, 0.05) is 21.3 Å². The van der Waals surface area contributed by atoms with Crippen LogP contribution in [0, 0.1) is 6.92 Å². The molecule has 1 aromatic heterocycles. The minimum atomic E-state index is 0.195. The van der Waals surface area contributed by atoms with Crippen molar-refractivity contribution in [2.24, 2.45) is 0 Å². The predicted octanol–water partition coefficient (Wildman–Crippen LogP) is 4.24. The largest absolute Gasteiger partial charge is 0.294 e. The molecule has 0 aliphatic rings. The second-order valence-electron chi connectivity index (χ2n) is 3.62. The first-order valence-corrected chi connectivity index (χ1v) is 6.66. The minimum Gasteiger partial charge on any atom is -0.294 e. The van der Waals surface area contributed by atoms with E-state index >= 15 is 0 Å². The van der Waals surface area contributed by atoms with Gasteiger partial charge in [-0.3, -0.25) is 4.79 Å². The van der Waals surface area contributed by atoms with Gasteiger partial charge < -0.3 is 0 Å². The topological polar surface area (TPSA) is 17.1 Å². The van der Waals surface area contributed by atoms with Gasteiger partial charge in [-0.2, -0.15) is 0 Å². The summed E-state index contributed by atoms with van der Waals surface area (Å²) in [6, 6.07) is 9.78. The molecule has 3 heteroatoms. The molecule has 16 heavy (non-hydrogen) atoms. The van der Waals surface area contributed by atoms with Crippen molar-refractivity contribution in [3.05, 3.63) is 56.2 Å². The zero-order chi connectivity index (χ0) is 11.5. The first-order chi connectivity index (χ1) is 7.66. The van der Waals surface area contributed by atoms with E-state index in [0.717, 1.165) is 20.5 Å². The Morgan fingerprint density at radius 3 is 2.50 bits per heavy atom. The van der Waals surface area contributed by atoms with E-state index in [0.29, 0.717) is 6.42 Å². The lowest BCUT2D eigenvalue weighted by molar-refractivity contribution is 0.0993. The Hall–Kier alpha value is -0.930. The highest BCUT2D eigenvalue weighted by atomic mass is 79.9. The van der Waals surface area contributed by atoms with Crippen LogP contribution in [0.25, 0.3) is 0 Å². The van der Waals surface area contributed by atoms with Gasteiger partial charge in [-0.25, -0.2) is 0 Å². The van der Waals surface area contributed by atoms with E-state index in [2.05, 4.69) is 15.9 Å². The summed E-state index contributed by atoms with van der Waals surface area (Å²) >= 11 is 5.00. The molecule has 0 aliphatic carbocycles. The Labute approximate surface area is 107 Å². The van der Waals surface area contributed by atoms with Crippen molar-refractivity contribution in [3.8, 4) is 0 Å². The van der Waals surface area contributed by atoms with E-state index in [-0.39, 0.29) is 5.78 Å². The van der Waals surface area contributed by atoms with Gasteiger partial charge in [0.1, 0.15) is 0 Å². The molecule has 2 aromatic rings. The first kappa shape index (κ1) is 11.6. The van der Waals surface area contributed by atoms with Crippen molar-refractivity contribution in [1.82, 2.24) is 0 Å². The Bertz CT molecular complexity index is 499. The molecule has 0 aliphatic heterocycles. The second kappa shape index (κ2) is 4.93. The molecule has 82 valence electrons. The summed E-state index contributed by atoms with van der Waals surface area (Å²) in [5.41, 5.74) is 1.91. The molecule has 1 heterocycles. The Balaban J connectivity index is 2.14. The van der Waals surface area contributed by atoms with E-state index in [1.807, 2.05) is 42.6 Å². The van der Waals surface area contributed by atoms with Gasteiger partial charge in [0.05, 0.1) is 0 Å². The Morgan fingerprint density at radius 2 is 1.94 bits per heavy atom. The quantitative estimate of drug-likeness (QED) is 0.774. The average Bonchev–Trinajstić information content (AvgIpc) is 2.68. The third-order valence-electron chi connectivity index (χ3n) is 2.44. The molecule has 0 atom stereocenters. The Kier molecular flexibility index (Phi) is 3.56. The molecular weight excluding hydrogens is 284 g/mol. The molecule has 1 aromatic carbocycles. The van der Waals surface area contributed by atoms with Gasteiger partial charge in [-0.15, -0.1) is 11.3 Å². The lowest BCUT2D eigenvalue weighted by Crippen LogP contribution is -2.03. The summed E-state index contributed by atoms with van der Waals surface area (Å²) in [5, 5.41) is 1.96. The molecule has 0 radical (unpaired) electrons. The molecule has 0 saturated heterocycles. The fourth-order valence-corrected chi connectivity index (χ4v) is 2.54. The average molecular weight is 295 g/mol. The minimum absolute atomic E-state index is 0.195. The Morgan fingerprint density at radius 1 is 1.25 bits per heavy atom. The molecule has 2 rings (SSSR count). The highest BCUT2D eigenvalue weighted by Crippen LogP contribution is 2.18. The van der Waals surface area contributed by atoms with Crippen molar-refractivity contribution in [1.29, 1.82) is 0 Å². The van der Waals surface area contributed by atoms with E-state index in [4.69, 9.17) is 0 Å². The van der Waals surface area contributed by atoms with Gasteiger partial charge in [-0.1, -0.05) is 28.1 Å². The van der Waals surface area contributed by atoms with Crippen LogP contribution in [0.1, 0.15) is 20.8 Å². The smallest absolute Gasteiger partial charge is 0.168 e. The standard InChI is InChI=1S/C13H11BrOS/c1-9-12(6-7-16-9)13(15)8-10-2-4-11(14)5-3-10/h2-7H,8H2,1H3. The first-order valence-electron chi connectivity index (χ1n) is 4.98. The normalized spacial score (nSPS) is 10.4. The molecule has 0 spiro atoms. The molecule has 0 bridgehead atoms. The monoisotopic (exact) mass is 294 g/mol. The third-order valence-corrected chi connectivity index (χ3v) is 3.81. The van der Waals surface area contributed by atoms with Crippen LogP contribution in [0.5, 0.6) is 0 Å². The van der Waals surface area contributed by atoms with Gasteiger partial charge in [0.15, 0.2) is 5.78 Å². The number of ketones is 1. The highest BCUT2D eigenvalue weighted by Gasteiger charge is 2.10. The zero-order valence-electron chi connectivity index (χ0n) is 8.87. The van der Waals surface area contributed by atoms with Gasteiger partial charge in [0.25, 0.3) is 0 Å². The number of benzene rings is 1. The summed E-state index contributed by atoms with van der Waals surface area (Å²) in [7, 11) is 0. The fraction of sp³-hybridized carbons (Fsp3) is 0.154. The summed E-state index contributed by atoms with van der Waals surface area (Å²) < 4.78 is 1.04. The fourth-order valence-electron chi connectivity index (χ4n) is 1.56. The van der Waals surface area contributed by atoms with Crippen molar-refractivity contribution in [3.63, 3.8) is 0 Å². The van der Waals surface area contributed by atoms with Crippen molar-refractivity contribution < 1.29 is 4.79 Å². The van der Waals surface area contributed by atoms with Crippen molar-refractivity contribution >= 4 is 33.0 Å². The summed E-state index contributed by atoms with van der Waals surface area (Å²) in [5.74, 6) is 0.195. The lowest BCUT2D eigenvalue weighted by Gasteiger charge is -2.01. The van der Waals surface area contributed by atoms with E-state index in [9.17, 15) is 4.79 Å². The van der Waals surface area contributed by atoms with Crippen LogP contribution in [0.15, 0.2) is 40.2 Å². The number of thiophene rings is 1. The molecule has 0 saturated carbocycles. The number of halogens is 1. The van der Waals surface area contributed by atoms with Gasteiger partial charge >= 0.3 is 0 Å². The van der Waals surface area contributed by atoms with Crippen molar-refractivity contribution in [2.75, 3.05) is 0 Å². The lowest BCUT2D eigenvalue weighted by atomic mass is 10.0. The number of hydrogen-bond acceptors (Lipinski definition) is 2. The summed E-state index contributed by atoms with van der Waals surface area (Å²) in [6.07, 6.45) is 0.477. The zero-order valence-corrected chi connectivity index (χ0v) is 11.3. The van der Waals surface area contributed by atoms with Crippen LogP contribution < -0.4 is 0 Å². The molecule has 0 fully saturated rings. The maximum Gasteiger partial charge on any atom is 0.168 e. The number of aryl methyl sites for hydroxylation is 1.